The summed E-state index contributed by atoms with van der Waals surface area (Å²) in [6.45, 7) is 4.01. The summed E-state index contributed by atoms with van der Waals surface area (Å²) < 4.78 is 5.67. The number of hydrogen-bond acceptors (Lipinski definition) is 3. The fourth-order valence-corrected chi connectivity index (χ4v) is 2.77. The van der Waals surface area contributed by atoms with Crippen LogP contribution < -0.4 is 20.3 Å². The van der Waals surface area contributed by atoms with Crippen LogP contribution in [0.4, 0.5) is 5.69 Å². The maximum Gasteiger partial charge on any atom is 0.191 e. The number of guanidine groups is 1. The molecule has 5 heteroatoms. The molecule has 2 aromatic carbocycles. The molecule has 0 fully saturated rings. The molecule has 1 aliphatic rings. The van der Waals surface area contributed by atoms with Gasteiger partial charge >= 0.3 is 0 Å². The molecular weight excluding hydrogens is 324 g/mol. The van der Waals surface area contributed by atoms with Crippen molar-refractivity contribution in [3.8, 4) is 5.75 Å². The van der Waals surface area contributed by atoms with Crippen molar-refractivity contribution in [2.75, 3.05) is 38.2 Å². The molecule has 2 N–H and O–H groups in total. The van der Waals surface area contributed by atoms with Gasteiger partial charge in [0.2, 0.25) is 0 Å². The molecule has 0 amide bonds. The molecule has 0 spiro atoms. The van der Waals surface area contributed by atoms with E-state index in [4.69, 9.17) is 4.74 Å². The van der Waals surface area contributed by atoms with Gasteiger partial charge in [0.15, 0.2) is 5.96 Å². The molecule has 1 aliphatic heterocycles. The molecule has 3 rings (SSSR count). The van der Waals surface area contributed by atoms with Crippen molar-refractivity contribution >= 4 is 11.6 Å². The number of aliphatic imine (C=N–C) groups is 1. The van der Waals surface area contributed by atoms with Gasteiger partial charge in [0.25, 0.3) is 0 Å². The third-order valence-corrected chi connectivity index (χ3v) is 4.21. The van der Waals surface area contributed by atoms with Gasteiger partial charge in [0, 0.05) is 32.4 Å². The third-order valence-electron chi connectivity index (χ3n) is 4.21. The fourth-order valence-electron chi connectivity index (χ4n) is 2.77. The van der Waals surface area contributed by atoms with Gasteiger partial charge in [-0.2, -0.15) is 0 Å². The van der Waals surface area contributed by atoms with E-state index >= 15 is 0 Å². The van der Waals surface area contributed by atoms with E-state index in [9.17, 15) is 0 Å². The maximum absolute atomic E-state index is 5.67. The number of ether oxygens (including phenoxy) is 1. The van der Waals surface area contributed by atoms with Gasteiger partial charge in [-0.05, 0) is 29.8 Å². The minimum absolute atomic E-state index is 0.587. The number of rotatable bonds is 7. The van der Waals surface area contributed by atoms with Crippen LogP contribution in [-0.2, 0) is 6.54 Å². The molecular formula is C21H26N4O. The number of nitrogens with one attached hydrogen (secondary N) is 2. The normalized spacial score (nSPS) is 13.7. The van der Waals surface area contributed by atoms with Crippen LogP contribution in [-0.4, -0.2) is 39.2 Å². The smallest absolute Gasteiger partial charge is 0.191 e. The zero-order valence-corrected chi connectivity index (χ0v) is 15.2. The number of benzene rings is 2. The van der Waals surface area contributed by atoms with Crippen molar-refractivity contribution < 1.29 is 4.74 Å². The lowest BCUT2D eigenvalue weighted by Crippen LogP contribution is -2.38. The predicted molar refractivity (Wildman–Crippen MR) is 108 cm³/mol. The molecule has 0 radical (unpaired) electrons. The van der Waals surface area contributed by atoms with Crippen molar-refractivity contribution in [2.24, 2.45) is 4.99 Å². The lowest BCUT2D eigenvalue weighted by Gasteiger charge is -2.18. The van der Waals surface area contributed by atoms with Crippen LogP contribution in [0.15, 0.2) is 71.7 Å². The number of para-hydroxylation sites is 1. The highest BCUT2D eigenvalue weighted by molar-refractivity contribution is 5.79. The summed E-state index contributed by atoms with van der Waals surface area (Å²) >= 11 is 0. The van der Waals surface area contributed by atoms with Gasteiger partial charge in [-0.3, -0.25) is 4.99 Å². The minimum Gasteiger partial charge on any atom is -0.492 e. The van der Waals surface area contributed by atoms with E-state index in [0.717, 1.165) is 31.3 Å². The maximum atomic E-state index is 5.67. The Morgan fingerprint density at radius 3 is 2.42 bits per heavy atom. The van der Waals surface area contributed by atoms with Gasteiger partial charge in [-0.15, -0.1) is 0 Å². The molecule has 0 unspecified atom stereocenters. The first-order chi connectivity index (χ1) is 12.8. The minimum atomic E-state index is 0.587. The Morgan fingerprint density at radius 2 is 1.73 bits per heavy atom. The molecule has 0 saturated heterocycles. The first kappa shape index (κ1) is 17.9. The first-order valence-electron chi connectivity index (χ1n) is 8.96. The molecule has 1 heterocycles. The van der Waals surface area contributed by atoms with E-state index in [1.807, 2.05) is 30.3 Å². The summed E-state index contributed by atoms with van der Waals surface area (Å²) in [6.07, 6.45) is 4.40. The molecule has 0 bridgehead atoms. The van der Waals surface area contributed by atoms with Crippen LogP contribution in [0.5, 0.6) is 5.75 Å². The average molecular weight is 350 g/mol. The third kappa shape index (κ3) is 5.28. The number of nitrogens with zero attached hydrogens (tertiary/aromatic N) is 2. The first-order valence-corrected chi connectivity index (χ1v) is 8.96. The Bertz CT molecular complexity index is 717. The van der Waals surface area contributed by atoms with Crippen LogP contribution >= 0.6 is 0 Å². The van der Waals surface area contributed by atoms with E-state index in [0.29, 0.717) is 13.2 Å². The highest BCUT2D eigenvalue weighted by Crippen LogP contribution is 2.17. The van der Waals surface area contributed by atoms with Gasteiger partial charge in [0.05, 0.1) is 6.54 Å². The Kier molecular flexibility index (Phi) is 6.53. The molecule has 0 saturated carbocycles. The van der Waals surface area contributed by atoms with Crippen molar-refractivity contribution in [1.82, 2.24) is 10.6 Å². The number of anilines is 1. The Labute approximate surface area is 155 Å². The summed E-state index contributed by atoms with van der Waals surface area (Å²) in [6, 6.07) is 18.5. The molecule has 2 aromatic rings. The Hall–Kier alpha value is -2.95. The lowest BCUT2D eigenvalue weighted by molar-refractivity contribution is 0.322. The molecule has 26 heavy (non-hydrogen) atoms. The summed E-state index contributed by atoms with van der Waals surface area (Å²) in [5.74, 6) is 1.65. The summed E-state index contributed by atoms with van der Waals surface area (Å²) in [4.78, 5) is 6.59. The van der Waals surface area contributed by atoms with Gasteiger partial charge < -0.3 is 20.3 Å². The standard InChI is InChI=1S/C21H26N4O/c1-22-21(23-13-16-26-20-7-3-2-4-8-20)24-17-18-9-11-19(12-10-18)25-14-5-6-15-25/h2-12H,13-17H2,1H3,(H2,22,23,24). The van der Waals surface area contributed by atoms with E-state index in [2.05, 4.69) is 56.9 Å². The quantitative estimate of drug-likeness (QED) is 0.349. The van der Waals surface area contributed by atoms with Crippen LogP contribution in [0.25, 0.3) is 0 Å². The molecule has 0 atom stereocenters. The van der Waals surface area contributed by atoms with Crippen LogP contribution in [0.2, 0.25) is 0 Å². The van der Waals surface area contributed by atoms with E-state index < -0.39 is 0 Å². The second-order valence-corrected chi connectivity index (χ2v) is 6.06. The van der Waals surface area contributed by atoms with Crippen molar-refractivity contribution in [1.29, 1.82) is 0 Å². The zero-order chi connectivity index (χ0) is 18.0. The summed E-state index contributed by atoms with van der Waals surface area (Å²) in [7, 11) is 1.77. The summed E-state index contributed by atoms with van der Waals surface area (Å²) in [5, 5.41) is 6.59. The van der Waals surface area contributed by atoms with Gasteiger partial charge in [0.1, 0.15) is 12.4 Å². The molecule has 136 valence electrons. The highest BCUT2D eigenvalue weighted by atomic mass is 16.5. The molecule has 0 aromatic heterocycles. The van der Waals surface area contributed by atoms with E-state index in [1.54, 1.807) is 7.05 Å². The molecule has 0 aliphatic carbocycles. The van der Waals surface area contributed by atoms with Crippen molar-refractivity contribution in [2.45, 2.75) is 6.54 Å². The van der Waals surface area contributed by atoms with Crippen LogP contribution in [0, 0.1) is 0 Å². The van der Waals surface area contributed by atoms with Crippen molar-refractivity contribution in [3.63, 3.8) is 0 Å². The second kappa shape index (κ2) is 9.51. The average Bonchev–Trinajstić information content (AvgIpc) is 3.23. The fraction of sp³-hybridized carbons (Fsp3) is 0.286. The van der Waals surface area contributed by atoms with Crippen LogP contribution in [0.3, 0.4) is 0 Å². The predicted octanol–water partition coefficient (Wildman–Crippen LogP) is 2.81. The van der Waals surface area contributed by atoms with Crippen LogP contribution in [0.1, 0.15) is 5.56 Å². The Balaban J connectivity index is 1.38. The SMILES string of the molecule is CN=C(NCCOc1ccccc1)NCc1ccc(N2CC=CC2)cc1. The number of hydrogen-bond donors (Lipinski definition) is 2. The van der Waals surface area contributed by atoms with Gasteiger partial charge in [-0.25, -0.2) is 0 Å². The zero-order valence-electron chi connectivity index (χ0n) is 15.2. The summed E-state index contributed by atoms with van der Waals surface area (Å²) in [5.41, 5.74) is 2.49. The van der Waals surface area contributed by atoms with Crippen molar-refractivity contribution in [3.05, 3.63) is 72.3 Å². The van der Waals surface area contributed by atoms with E-state index in [1.165, 1.54) is 11.3 Å². The van der Waals surface area contributed by atoms with E-state index in [-0.39, 0.29) is 0 Å². The van der Waals surface area contributed by atoms with Gasteiger partial charge in [-0.1, -0.05) is 42.5 Å². The Morgan fingerprint density at radius 1 is 1.00 bits per heavy atom. The highest BCUT2D eigenvalue weighted by Gasteiger charge is 2.07. The lowest BCUT2D eigenvalue weighted by atomic mass is 10.2. The monoisotopic (exact) mass is 350 g/mol. The topological polar surface area (TPSA) is 48.9 Å². The molecule has 5 nitrogen and oxygen atoms in total. The second-order valence-electron chi connectivity index (χ2n) is 6.06. The largest absolute Gasteiger partial charge is 0.492 e.